The van der Waals surface area contributed by atoms with Crippen molar-refractivity contribution in [1.29, 1.82) is 0 Å². The van der Waals surface area contributed by atoms with Crippen molar-refractivity contribution in [1.82, 2.24) is 10.2 Å². The molecular weight excluding hydrogens is 284 g/mol. The summed E-state index contributed by atoms with van der Waals surface area (Å²) in [5.74, 6) is -0.801. The lowest BCUT2D eigenvalue weighted by molar-refractivity contribution is -0.129. The maximum atomic E-state index is 11.8. The first-order valence-electron chi connectivity index (χ1n) is 6.15. The van der Waals surface area contributed by atoms with E-state index < -0.39 is 18.1 Å². The zero-order valence-corrected chi connectivity index (χ0v) is 11.4. The molecule has 1 saturated heterocycles. The van der Waals surface area contributed by atoms with Crippen LogP contribution in [0.2, 0.25) is 5.02 Å². The zero-order valence-electron chi connectivity index (χ0n) is 10.6. The molecule has 1 heterocycles. The molecule has 2 unspecified atom stereocenters. The number of amides is 2. The Morgan fingerprint density at radius 2 is 1.85 bits per heavy atom. The predicted molar refractivity (Wildman–Crippen MR) is 72.4 cm³/mol. The first kappa shape index (κ1) is 14.8. The second kappa shape index (κ2) is 6.21. The van der Waals surface area contributed by atoms with Gasteiger partial charge in [-0.05, 0) is 12.1 Å². The number of nitrogens with one attached hydrogen (secondary N) is 1. The summed E-state index contributed by atoms with van der Waals surface area (Å²) >= 11 is 5.88. The van der Waals surface area contributed by atoms with Crippen LogP contribution in [0.3, 0.4) is 0 Å². The van der Waals surface area contributed by atoms with E-state index in [0.29, 0.717) is 10.6 Å². The summed E-state index contributed by atoms with van der Waals surface area (Å²) in [6, 6.07) is 6.53. The number of halogens is 1. The molecule has 1 aromatic carbocycles. The average molecular weight is 299 g/mol. The van der Waals surface area contributed by atoms with E-state index in [1.54, 1.807) is 24.3 Å². The number of carbonyl (C=O) groups is 2. The van der Waals surface area contributed by atoms with Crippen LogP contribution >= 0.6 is 11.6 Å². The van der Waals surface area contributed by atoms with Gasteiger partial charge in [-0.3, -0.25) is 9.59 Å². The third-order valence-corrected chi connectivity index (χ3v) is 3.46. The maximum absolute atomic E-state index is 11.8. The Bertz CT molecular complexity index is 513. The molecule has 1 aliphatic rings. The lowest BCUT2D eigenvalue weighted by Crippen LogP contribution is -2.39. The Balaban J connectivity index is 1.88. The molecule has 6 nitrogen and oxygen atoms in total. The lowest BCUT2D eigenvalue weighted by atomic mass is 10.2. The number of nitrogens with zero attached hydrogens (tertiary/aromatic N) is 1. The SMILES string of the molecule is O=C(NCC(=O)N1CC(O)C(O)C1)c1ccccc1Cl. The molecule has 2 amide bonds. The Morgan fingerprint density at radius 3 is 2.45 bits per heavy atom. The molecule has 0 bridgehead atoms. The standard InChI is InChI=1S/C13H15ClN2O4/c14-9-4-2-1-3-8(9)13(20)15-5-12(19)16-6-10(17)11(18)7-16/h1-4,10-11,17-18H,5-7H2,(H,15,20). The molecule has 108 valence electrons. The molecule has 2 atom stereocenters. The highest BCUT2D eigenvalue weighted by atomic mass is 35.5. The molecule has 1 aromatic rings. The summed E-state index contributed by atoms with van der Waals surface area (Å²) in [6.45, 7) is -0.0621. The van der Waals surface area contributed by atoms with E-state index in [2.05, 4.69) is 5.32 Å². The van der Waals surface area contributed by atoms with Gasteiger partial charge in [0.25, 0.3) is 5.91 Å². The highest BCUT2D eigenvalue weighted by Gasteiger charge is 2.32. The number of rotatable bonds is 3. The normalized spacial score (nSPS) is 21.9. The number of carbonyl (C=O) groups excluding carboxylic acids is 2. The first-order valence-corrected chi connectivity index (χ1v) is 6.53. The van der Waals surface area contributed by atoms with Crippen molar-refractivity contribution in [3.8, 4) is 0 Å². The number of benzene rings is 1. The van der Waals surface area contributed by atoms with Crippen LogP contribution in [0.25, 0.3) is 0 Å². The fraction of sp³-hybridized carbons (Fsp3) is 0.385. The molecule has 0 saturated carbocycles. The van der Waals surface area contributed by atoms with Gasteiger partial charge in [0.15, 0.2) is 0 Å². The third kappa shape index (κ3) is 3.27. The van der Waals surface area contributed by atoms with Crippen LogP contribution in [0, 0.1) is 0 Å². The molecule has 1 fully saturated rings. The molecule has 7 heteroatoms. The fourth-order valence-electron chi connectivity index (χ4n) is 1.98. The van der Waals surface area contributed by atoms with Gasteiger partial charge in [0.1, 0.15) is 0 Å². The predicted octanol–water partition coefficient (Wildman–Crippen LogP) is -0.366. The highest BCUT2D eigenvalue weighted by molar-refractivity contribution is 6.33. The summed E-state index contributed by atoms with van der Waals surface area (Å²) in [5, 5.41) is 21.5. The van der Waals surface area contributed by atoms with Gasteiger partial charge in [-0.1, -0.05) is 23.7 Å². The van der Waals surface area contributed by atoms with Crippen molar-refractivity contribution >= 4 is 23.4 Å². The van der Waals surface area contributed by atoms with Crippen molar-refractivity contribution in [2.75, 3.05) is 19.6 Å². The molecule has 0 aliphatic carbocycles. The molecule has 2 rings (SSSR count). The van der Waals surface area contributed by atoms with Gasteiger partial charge in [-0.25, -0.2) is 0 Å². The number of aliphatic hydroxyl groups is 2. The van der Waals surface area contributed by atoms with Gasteiger partial charge in [0, 0.05) is 13.1 Å². The number of β-amino-alcohol motifs (C(OH)–C–C–N with tert-alkyl or cyclic N) is 2. The Kier molecular flexibility index (Phi) is 4.59. The topological polar surface area (TPSA) is 89.9 Å². The van der Waals surface area contributed by atoms with Crippen molar-refractivity contribution in [3.05, 3.63) is 34.9 Å². The Labute approximate surface area is 121 Å². The van der Waals surface area contributed by atoms with Crippen LogP contribution < -0.4 is 5.32 Å². The van der Waals surface area contributed by atoms with Crippen LogP contribution in [0.5, 0.6) is 0 Å². The summed E-state index contributed by atoms with van der Waals surface area (Å²) in [4.78, 5) is 25.0. The quantitative estimate of drug-likeness (QED) is 0.710. The van der Waals surface area contributed by atoms with Gasteiger partial charge >= 0.3 is 0 Å². The van der Waals surface area contributed by atoms with Gasteiger partial charge < -0.3 is 20.4 Å². The molecule has 20 heavy (non-hydrogen) atoms. The van der Waals surface area contributed by atoms with Crippen LogP contribution in [-0.2, 0) is 4.79 Å². The smallest absolute Gasteiger partial charge is 0.253 e. The van der Waals surface area contributed by atoms with Gasteiger partial charge in [-0.2, -0.15) is 0 Å². The molecule has 0 spiro atoms. The van der Waals surface area contributed by atoms with E-state index in [1.807, 2.05) is 0 Å². The van der Waals surface area contributed by atoms with E-state index >= 15 is 0 Å². The monoisotopic (exact) mass is 298 g/mol. The maximum Gasteiger partial charge on any atom is 0.253 e. The molecule has 3 N–H and O–H groups in total. The summed E-state index contributed by atoms with van der Waals surface area (Å²) in [7, 11) is 0. The minimum absolute atomic E-state index is 0.0714. The van der Waals surface area contributed by atoms with E-state index in [0.717, 1.165) is 0 Å². The van der Waals surface area contributed by atoms with Gasteiger partial charge in [0.05, 0.1) is 29.3 Å². The number of hydrogen-bond acceptors (Lipinski definition) is 4. The second-order valence-electron chi connectivity index (χ2n) is 4.60. The Morgan fingerprint density at radius 1 is 1.25 bits per heavy atom. The molecule has 0 radical (unpaired) electrons. The Hall–Kier alpha value is -1.63. The molecule has 0 aromatic heterocycles. The molecule has 1 aliphatic heterocycles. The minimum Gasteiger partial charge on any atom is -0.388 e. The van der Waals surface area contributed by atoms with E-state index in [-0.39, 0.29) is 25.5 Å². The van der Waals surface area contributed by atoms with E-state index in [1.165, 1.54) is 4.90 Å². The van der Waals surface area contributed by atoms with Gasteiger partial charge in [-0.15, -0.1) is 0 Å². The first-order chi connectivity index (χ1) is 9.49. The zero-order chi connectivity index (χ0) is 14.7. The summed E-state index contributed by atoms with van der Waals surface area (Å²) in [5.41, 5.74) is 0.295. The van der Waals surface area contributed by atoms with Crippen molar-refractivity contribution < 1.29 is 19.8 Å². The third-order valence-electron chi connectivity index (χ3n) is 3.13. The van der Waals surface area contributed by atoms with Crippen molar-refractivity contribution in [2.45, 2.75) is 12.2 Å². The lowest BCUT2D eigenvalue weighted by Gasteiger charge is -2.15. The largest absolute Gasteiger partial charge is 0.388 e. The molecular formula is C13H15ClN2O4. The second-order valence-corrected chi connectivity index (χ2v) is 5.00. The van der Waals surface area contributed by atoms with E-state index in [4.69, 9.17) is 11.6 Å². The summed E-state index contributed by atoms with van der Waals surface area (Å²) in [6.07, 6.45) is -1.86. The fourth-order valence-corrected chi connectivity index (χ4v) is 2.20. The van der Waals surface area contributed by atoms with Crippen LogP contribution in [0.4, 0.5) is 0 Å². The number of likely N-dealkylation sites (tertiary alicyclic amines) is 1. The van der Waals surface area contributed by atoms with Crippen molar-refractivity contribution in [2.24, 2.45) is 0 Å². The highest BCUT2D eigenvalue weighted by Crippen LogP contribution is 2.14. The average Bonchev–Trinajstić information content (AvgIpc) is 2.76. The summed E-state index contributed by atoms with van der Waals surface area (Å²) < 4.78 is 0. The number of aliphatic hydroxyl groups excluding tert-OH is 2. The number of hydrogen-bond donors (Lipinski definition) is 3. The minimum atomic E-state index is -0.932. The van der Waals surface area contributed by atoms with E-state index in [9.17, 15) is 19.8 Å². The van der Waals surface area contributed by atoms with Crippen LogP contribution in [-0.4, -0.2) is 58.8 Å². The van der Waals surface area contributed by atoms with Gasteiger partial charge in [0.2, 0.25) is 5.91 Å². The van der Waals surface area contributed by atoms with Crippen molar-refractivity contribution in [3.63, 3.8) is 0 Å². The van der Waals surface area contributed by atoms with Crippen LogP contribution in [0.15, 0.2) is 24.3 Å². The van der Waals surface area contributed by atoms with Crippen LogP contribution in [0.1, 0.15) is 10.4 Å².